The summed E-state index contributed by atoms with van der Waals surface area (Å²) < 4.78 is 7.63. The average molecular weight is 238 g/mol. The molecule has 17 heavy (non-hydrogen) atoms. The van der Waals surface area contributed by atoms with Crippen molar-refractivity contribution < 1.29 is 4.74 Å². The third-order valence-corrected chi connectivity index (χ3v) is 3.40. The van der Waals surface area contributed by atoms with Crippen LogP contribution in [0, 0.1) is 5.92 Å². The van der Waals surface area contributed by atoms with E-state index in [2.05, 4.69) is 22.6 Å². The lowest BCUT2D eigenvalue weighted by Crippen LogP contribution is -2.34. The van der Waals surface area contributed by atoms with Crippen molar-refractivity contribution in [3.05, 3.63) is 11.9 Å². The van der Waals surface area contributed by atoms with E-state index in [4.69, 9.17) is 4.74 Å². The van der Waals surface area contributed by atoms with Gasteiger partial charge < -0.3 is 10.1 Å². The number of aromatic nitrogens is 3. The first-order chi connectivity index (χ1) is 8.31. The van der Waals surface area contributed by atoms with Gasteiger partial charge in [0.25, 0.3) is 0 Å². The van der Waals surface area contributed by atoms with Crippen molar-refractivity contribution in [2.45, 2.75) is 44.9 Å². The number of ether oxygens (including phenoxy) is 1. The van der Waals surface area contributed by atoms with E-state index >= 15 is 0 Å². The molecule has 1 aromatic rings. The van der Waals surface area contributed by atoms with Crippen LogP contribution >= 0.6 is 0 Å². The maximum absolute atomic E-state index is 5.65. The monoisotopic (exact) mass is 238 g/mol. The largest absolute Gasteiger partial charge is 0.379 e. The van der Waals surface area contributed by atoms with Crippen molar-refractivity contribution in [1.29, 1.82) is 0 Å². The van der Waals surface area contributed by atoms with Crippen molar-refractivity contribution in [2.24, 2.45) is 5.92 Å². The van der Waals surface area contributed by atoms with Crippen LogP contribution in [0.15, 0.2) is 6.20 Å². The minimum atomic E-state index is 0.189. The van der Waals surface area contributed by atoms with Crippen LogP contribution in [0.4, 0.5) is 0 Å². The molecular formula is C12H22N4O. The number of methoxy groups -OCH3 is 1. The summed E-state index contributed by atoms with van der Waals surface area (Å²) in [4.78, 5) is 0. The summed E-state index contributed by atoms with van der Waals surface area (Å²) in [6.45, 7) is 3.06. The van der Waals surface area contributed by atoms with Crippen LogP contribution in [-0.4, -0.2) is 35.3 Å². The Morgan fingerprint density at radius 2 is 2.35 bits per heavy atom. The predicted molar refractivity (Wildman–Crippen MR) is 65.6 cm³/mol. The lowest BCUT2D eigenvalue weighted by molar-refractivity contribution is 0.0503. The van der Waals surface area contributed by atoms with Crippen LogP contribution in [0.25, 0.3) is 0 Å². The Morgan fingerprint density at radius 3 is 2.88 bits per heavy atom. The van der Waals surface area contributed by atoms with Gasteiger partial charge in [0.1, 0.15) is 0 Å². The zero-order chi connectivity index (χ0) is 12.3. The molecule has 0 bridgehead atoms. The maximum Gasteiger partial charge on any atom is 0.0809 e. The van der Waals surface area contributed by atoms with Crippen LogP contribution in [0.3, 0.4) is 0 Å². The molecule has 2 unspecified atom stereocenters. The van der Waals surface area contributed by atoms with Crippen LogP contribution in [0.5, 0.6) is 0 Å². The van der Waals surface area contributed by atoms with E-state index in [0.717, 1.165) is 18.7 Å². The Hall–Kier alpha value is -0.940. The molecule has 5 nitrogen and oxygen atoms in total. The van der Waals surface area contributed by atoms with Gasteiger partial charge in [0, 0.05) is 13.7 Å². The molecule has 1 aromatic heterocycles. The van der Waals surface area contributed by atoms with Gasteiger partial charge in [-0.15, -0.1) is 5.10 Å². The zero-order valence-electron chi connectivity index (χ0n) is 10.9. The summed E-state index contributed by atoms with van der Waals surface area (Å²) in [5.74, 6) is 0.683. The molecule has 5 heteroatoms. The minimum Gasteiger partial charge on any atom is -0.379 e. The van der Waals surface area contributed by atoms with Crippen molar-refractivity contribution in [3.63, 3.8) is 0 Å². The normalized spacial score (nSPS) is 19.2. The minimum absolute atomic E-state index is 0.189. The number of hydrogen-bond acceptors (Lipinski definition) is 4. The molecule has 1 aliphatic carbocycles. The Morgan fingerprint density at radius 1 is 1.59 bits per heavy atom. The van der Waals surface area contributed by atoms with Crippen LogP contribution in [-0.2, 0) is 11.3 Å². The van der Waals surface area contributed by atoms with Crippen molar-refractivity contribution in [2.75, 3.05) is 14.2 Å². The van der Waals surface area contributed by atoms with E-state index in [0.29, 0.717) is 5.92 Å². The number of nitrogens with zero attached hydrogens (tertiary/aromatic N) is 3. The van der Waals surface area contributed by atoms with Gasteiger partial charge in [0.15, 0.2) is 0 Å². The first kappa shape index (κ1) is 12.5. The van der Waals surface area contributed by atoms with Gasteiger partial charge in [-0.1, -0.05) is 12.1 Å². The fraction of sp³-hybridized carbons (Fsp3) is 0.833. The lowest BCUT2D eigenvalue weighted by atomic mass is 10.0. The van der Waals surface area contributed by atoms with Crippen LogP contribution < -0.4 is 5.32 Å². The summed E-state index contributed by atoms with van der Waals surface area (Å²) in [5, 5.41) is 11.5. The Kier molecular flexibility index (Phi) is 4.12. The van der Waals surface area contributed by atoms with Crippen LogP contribution in [0.2, 0.25) is 0 Å². The summed E-state index contributed by atoms with van der Waals surface area (Å²) in [5.41, 5.74) is 1.13. The summed E-state index contributed by atoms with van der Waals surface area (Å²) in [6.07, 6.45) is 5.69. The highest BCUT2D eigenvalue weighted by Gasteiger charge is 2.38. The van der Waals surface area contributed by atoms with Crippen molar-refractivity contribution in [3.8, 4) is 0 Å². The molecule has 0 spiro atoms. The Balaban J connectivity index is 2.17. The highest BCUT2D eigenvalue weighted by molar-refractivity contribution is 5.07. The molecule has 96 valence electrons. The van der Waals surface area contributed by atoms with Gasteiger partial charge in [0.05, 0.1) is 24.0 Å². The summed E-state index contributed by atoms with van der Waals surface area (Å²) >= 11 is 0. The molecule has 1 N–H and O–H groups in total. The number of hydrogen-bond donors (Lipinski definition) is 1. The second kappa shape index (κ2) is 5.60. The molecule has 0 saturated heterocycles. The molecule has 2 rings (SSSR count). The molecule has 0 aromatic carbocycles. The van der Waals surface area contributed by atoms with E-state index in [-0.39, 0.29) is 12.1 Å². The van der Waals surface area contributed by atoms with E-state index < -0.39 is 0 Å². The fourth-order valence-electron chi connectivity index (χ4n) is 2.40. The van der Waals surface area contributed by atoms with Gasteiger partial charge in [-0.2, -0.15) is 0 Å². The van der Waals surface area contributed by atoms with Gasteiger partial charge in [-0.3, -0.25) is 0 Å². The fourth-order valence-corrected chi connectivity index (χ4v) is 2.40. The highest BCUT2D eigenvalue weighted by Crippen LogP contribution is 2.39. The van der Waals surface area contributed by atoms with Crippen LogP contribution in [0.1, 0.15) is 37.9 Å². The molecule has 1 aliphatic rings. The van der Waals surface area contributed by atoms with Crippen molar-refractivity contribution >= 4 is 0 Å². The number of nitrogens with one attached hydrogen (secondary N) is 1. The standard InChI is InChI=1S/C12H22N4O/c1-4-7-16-10(8-14-15-16)11(13-2)12(17-3)9-5-6-9/h8-9,11-13H,4-7H2,1-3H3. The lowest BCUT2D eigenvalue weighted by Gasteiger charge is -2.25. The van der Waals surface area contributed by atoms with Gasteiger partial charge in [-0.05, 0) is 32.2 Å². The summed E-state index contributed by atoms with van der Waals surface area (Å²) in [6, 6.07) is 0.189. The topological polar surface area (TPSA) is 52.0 Å². The molecule has 1 fully saturated rings. The first-order valence-corrected chi connectivity index (χ1v) is 6.40. The molecule has 2 atom stereocenters. The van der Waals surface area contributed by atoms with Crippen molar-refractivity contribution in [1.82, 2.24) is 20.3 Å². The number of rotatable bonds is 7. The highest BCUT2D eigenvalue weighted by atomic mass is 16.5. The average Bonchev–Trinajstić information content (AvgIpc) is 3.07. The van der Waals surface area contributed by atoms with E-state index in [1.807, 2.05) is 17.9 Å². The third-order valence-electron chi connectivity index (χ3n) is 3.40. The molecule has 1 heterocycles. The summed E-state index contributed by atoms with van der Waals surface area (Å²) in [7, 11) is 3.77. The Bertz CT molecular complexity index is 348. The van der Waals surface area contributed by atoms with Gasteiger partial charge >= 0.3 is 0 Å². The zero-order valence-corrected chi connectivity index (χ0v) is 10.9. The quantitative estimate of drug-likeness (QED) is 0.779. The molecule has 0 radical (unpaired) electrons. The number of aryl methyl sites for hydroxylation is 1. The maximum atomic E-state index is 5.65. The molecule has 0 aliphatic heterocycles. The smallest absolute Gasteiger partial charge is 0.0809 e. The molecule has 0 amide bonds. The van der Waals surface area contributed by atoms with Gasteiger partial charge in [0.2, 0.25) is 0 Å². The second-order valence-electron chi connectivity index (χ2n) is 4.69. The Labute approximate surface area is 103 Å². The van der Waals surface area contributed by atoms with E-state index in [9.17, 15) is 0 Å². The molecular weight excluding hydrogens is 216 g/mol. The number of likely N-dealkylation sites (N-methyl/N-ethyl adjacent to an activating group) is 1. The first-order valence-electron chi connectivity index (χ1n) is 6.40. The van der Waals surface area contributed by atoms with Gasteiger partial charge in [-0.25, -0.2) is 4.68 Å². The predicted octanol–water partition coefficient (Wildman–Crippen LogP) is 1.37. The SMILES string of the molecule is CCCn1nncc1C(NC)C(OC)C1CC1. The van der Waals surface area contributed by atoms with E-state index in [1.54, 1.807) is 7.11 Å². The van der Waals surface area contributed by atoms with E-state index in [1.165, 1.54) is 12.8 Å². The molecule has 1 saturated carbocycles. The third kappa shape index (κ3) is 2.66. The second-order valence-corrected chi connectivity index (χ2v) is 4.69.